The second-order valence-corrected chi connectivity index (χ2v) is 5.09. The van der Waals surface area contributed by atoms with Gasteiger partial charge in [0.15, 0.2) is 0 Å². The molecule has 1 unspecified atom stereocenters. The summed E-state index contributed by atoms with van der Waals surface area (Å²) in [5.41, 5.74) is 0.573. The molecular weight excluding hydrogens is 294 g/mol. The maximum Gasteiger partial charge on any atom is 0.254 e. The Morgan fingerprint density at radius 2 is 2.33 bits per heavy atom. The highest BCUT2D eigenvalue weighted by Crippen LogP contribution is 2.11. The molecule has 18 heavy (non-hydrogen) atoms. The zero-order chi connectivity index (χ0) is 13.5. The smallest absolute Gasteiger partial charge is 0.254 e. The third kappa shape index (κ3) is 4.38. The first-order chi connectivity index (χ1) is 8.56. The minimum atomic E-state index is -0.0903. The fourth-order valence-corrected chi connectivity index (χ4v) is 1.96. The van der Waals surface area contributed by atoms with Gasteiger partial charge >= 0.3 is 0 Å². The number of nitrogens with zero attached hydrogens (tertiary/aromatic N) is 2. The molecule has 100 valence electrons. The SMILES string of the molecule is CCC(C)N(C)CCNC(=O)c1cccnc1Br. The normalized spacial score (nSPS) is 12.5. The second-order valence-electron chi connectivity index (χ2n) is 4.34. The van der Waals surface area contributed by atoms with Gasteiger partial charge in [0.25, 0.3) is 5.91 Å². The first-order valence-electron chi connectivity index (χ1n) is 6.15. The molecule has 0 spiro atoms. The molecule has 0 saturated carbocycles. The van der Waals surface area contributed by atoms with Gasteiger partial charge in [-0.25, -0.2) is 4.98 Å². The minimum absolute atomic E-state index is 0.0903. The van der Waals surface area contributed by atoms with E-state index < -0.39 is 0 Å². The molecule has 0 aliphatic rings. The maximum absolute atomic E-state index is 11.9. The van der Waals surface area contributed by atoms with Crippen molar-refractivity contribution in [3.05, 3.63) is 28.5 Å². The van der Waals surface area contributed by atoms with Gasteiger partial charge in [0.05, 0.1) is 5.56 Å². The fourth-order valence-electron chi connectivity index (χ4n) is 1.53. The van der Waals surface area contributed by atoms with Crippen molar-refractivity contribution in [1.29, 1.82) is 0 Å². The molecule has 0 bridgehead atoms. The van der Waals surface area contributed by atoms with Crippen LogP contribution in [0, 0.1) is 0 Å². The number of rotatable bonds is 6. The predicted octanol–water partition coefficient (Wildman–Crippen LogP) is 2.30. The molecule has 1 aromatic rings. The summed E-state index contributed by atoms with van der Waals surface area (Å²) in [4.78, 5) is 18.2. The van der Waals surface area contributed by atoms with E-state index >= 15 is 0 Å². The number of halogens is 1. The number of carbonyl (C=O) groups is 1. The topological polar surface area (TPSA) is 45.2 Å². The Hall–Kier alpha value is -0.940. The van der Waals surface area contributed by atoms with E-state index in [1.165, 1.54) is 0 Å². The molecule has 5 heteroatoms. The summed E-state index contributed by atoms with van der Waals surface area (Å²) in [6.07, 6.45) is 2.76. The van der Waals surface area contributed by atoms with Crippen LogP contribution in [-0.4, -0.2) is 42.0 Å². The zero-order valence-electron chi connectivity index (χ0n) is 11.1. The van der Waals surface area contributed by atoms with Gasteiger partial charge in [0.1, 0.15) is 4.60 Å². The van der Waals surface area contributed by atoms with Gasteiger partial charge in [-0.1, -0.05) is 6.92 Å². The third-order valence-electron chi connectivity index (χ3n) is 3.10. The van der Waals surface area contributed by atoms with Gasteiger partial charge in [-0.15, -0.1) is 0 Å². The van der Waals surface area contributed by atoms with Crippen molar-refractivity contribution < 1.29 is 4.79 Å². The number of hydrogen-bond acceptors (Lipinski definition) is 3. The summed E-state index contributed by atoms with van der Waals surface area (Å²) in [7, 11) is 2.07. The van der Waals surface area contributed by atoms with Gasteiger partial charge in [-0.3, -0.25) is 4.79 Å². The van der Waals surface area contributed by atoms with Crippen molar-refractivity contribution >= 4 is 21.8 Å². The number of pyridine rings is 1. The number of hydrogen-bond donors (Lipinski definition) is 1. The van der Waals surface area contributed by atoms with Crippen LogP contribution in [0.4, 0.5) is 0 Å². The third-order valence-corrected chi connectivity index (χ3v) is 3.73. The molecule has 0 saturated heterocycles. The van der Waals surface area contributed by atoms with Crippen LogP contribution in [0.25, 0.3) is 0 Å². The van der Waals surface area contributed by atoms with Crippen LogP contribution in [0.5, 0.6) is 0 Å². The molecule has 1 heterocycles. The van der Waals surface area contributed by atoms with Gasteiger partial charge < -0.3 is 10.2 Å². The predicted molar refractivity (Wildman–Crippen MR) is 76.7 cm³/mol. The fraction of sp³-hybridized carbons (Fsp3) is 0.538. The summed E-state index contributed by atoms with van der Waals surface area (Å²) >= 11 is 3.27. The lowest BCUT2D eigenvalue weighted by Gasteiger charge is -2.23. The Labute approximate surface area is 117 Å². The van der Waals surface area contributed by atoms with Crippen LogP contribution in [0.3, 0.4) is 0 Å². The van der Waals surface area contributed by atoms with Crippen LogP contribution in [-0.2, 0) is 0 Å². The van der Waals surface area contributed by atoms with Crippen molar-refractivity contribution in [3.8, 4) is 0 Å². The lowest BCUT2D eigenvalue weighted by atomic mass is 10.2. The lowest BCUT2D eigenvalue weighted by molar-refractivity contribution is 0.0946. The highest BCUT2D eigenvalue weighted by Gasteiger charge is 2.11. The summed E-state index contributed by atoms with van der Waals surface area (Å²) in [5, 5.41) is 2.90. The van der Waals surface area contributed by atoms with Crippen LogP contribution in [0.1, 0.15) is 30.6 Å². The first-order valence-corrected chi connectivity index (χ1v) is 6.94. The second kappa shape index (κ2) is 7.48. The molecule has 4 nitrogen and oxygen atoms in total. The van der Waals surface area contributed by atoms with E-state index in [0.29, 0.717) is 22.8 Å². The van der Waals surface area contributed by atoms with Gasteiger partial charge in [-0.2, -0.15) is 0 Å². The molecule has 1 aromatic heterocycles. The molecule has 1 rings (SSSR count). The Kier molecular flexibility index (Phi) is 6.29. The minimum Gasteiger partial charge on any atom is -0.351 e. The van der Waals surface area contributed by atoms with Crippen LogP contribution >= 0.6 is 15.9 Å². The first kappa shape index (κ1) is 15.1. The average Bonchev–Trinajstić information content (AvgIpc) is 2.37. The molecule has 0 fully saturated rings. The van der Waals surface area contributed by atoms with Crippen molar-refractivity contribution in [1.82, 2.24) is 15.2 Å². The largest absolute Gasteiger partial charge is 0.351 e. The summed E-state index contributed by atoms with van der Waals surface area (Å²) < 4.78 is 0.581. The van der Waals surface area contributed by atoms with E-state index in [9.17, 15) is 4.79 Å². The maximum atomic E-state index is 11.9. The molecule has 1 amide bonds. The number of likely N-dealkylation sites (N-methyl/N-ethyl adjacent to an activating group) is 1. The van der Waals surface area contributed by atoms with Crippen molar-refractivity contribution in [3.63, 3.8) is 0 Å². The molecular formula is C13H20BrN3O. The summed E-state index contributed by atoms with van der Waals surface area (Å²) in [6, 6.07) is 4.04. The van der Waals surface area contributed by atoms with Gasteiger partial charge in [-0.05, 0) is 48.5 Å². The number of aromatic nitrogens is 1. The van der Waals surface area contributed by atoms with Crippen LogP contribution < -0.4 is 5.32 Å². The number of carbonyl (C=O) groups excluding carboxylic acids is 1. The van der Waals surface area contributed by atoms with E-state index in [2.05, 4.69) is 52.0 Å². The molecule has 1 N–H and O–H groups in total. The Morgan fingerprint density at radius 1 is 1.61 bits per heavy atom. The van der Waals surface area contributed by atoms with E-state index in [0.717, 1.165) is 13.0 Å². The van der Waals surface area contributed by atoms with Gasteiger partial charge in [0.2, 0.25) is 0 Å². The summed E-state index contributed by atoms with van der Waals surface area (Å²) in [6.45, 7) is 5.83. The highest BCUT2D eigenvalue weighted by molar-refractivity contribution is 9.10. The van der Waals surface area contributed by atoms with E-state index in [1.54, 1.807) is 18.3 Å². The monoisotopic (exact) mass is 313 g/mol. The quantitative estimate of drug-likeness (QED) is 0.820. The Bertz CT molecular complexity index is 398. The van der Waals surface area contributed by atoms with Crippen molar-refractivity contribution in [2.24, 2.45) is 0 Å². The average molecular weight is 314 g/mol. The molecule has 0 aliphatic carbocycles. The molecule has 0 radical (unpaired) electrons. The van der Waals surface area contributed by atoms with Gasteiger partial charge in [0, 0.05) is 25.3 Å². The van der Waals surface area contributed by atoms with Crippen LogP contribution in [0.2, 0.25) is 0 Å². The van der Waals surface area contributed by atoms with E-state index in [1.807, 2.05) is 0 Å². The molecule has 0 aromatic carbocycles. The van der Waals surface area contributed by atoms with Crippen LogP contribution in [0.15, 0.2) is 22.9 Å². The number of nitrogens with one attached hydrogen (secondary N) is 1. The Morgan fingerprint density at radius 3 is 2.94 bits per heavy atom. The van der Waals surface area contributed by atoms with Crippen molar-refractivity contribution in [2.45, 2.75) is 26.3 Å². The Balaban J connectivity index is 2.41. The number of amides is 1. The lowest BCUT2D eigenvalue weighted by Crippen LogP contribution is -2.37. The standard InChI is InChI=1S/C13H20BrN3O/c1-4-10(2)17(3)9-8-16-13(18)11-6-5-7-15-12(11)14/h5-7,10H,4,8-9H2,1-3H3,(H,16,18). The van der Waals surface area contributed by atoms with E-state index in [-0.39, 0.29) is 5.91 Å². The molecule has 0 aliphatic heterocycles. The molecule has 1 atom stereocenters. The van der Waals surface area contributed by atoms with E-state index in [4.69, 9.17) is 0 Å². The summed E-state index contributed by atoms with van der Waals surface area (Å²) in [5.74, 6) is -0.0903. The van der Waals surface area contributed by atoms with Crippen molar-refractivity contribution in [2.75, 3.05) is 20.1 Å². The highest BCUT2D eigenvalue weighted by atomic mass is 79.9. The zero-order valence-corrected chi connectivity index (χ0v) is 12.7.